The van der Waals surface area contributed by atoms with E-state index in [-0.39, 0.29) is 30.3 Å². The molecule has 208 valence electrons. The molecule has 1 N–H and O–H groups in total. The van der Waals surface area contributed by atoms with Gasteiger partial charge in [-0.25, -0.2) is 8.42 Å². The molecule has 0 saturated carbocycles. The summed E-state index contributed by atoms with van der Waals surface area (Å²) in [6.45, 7) is 1.54. The summed E-state index contributed by atoms with van der Waals surface area (Å²) in [4.78, 5) is 28.6. The number of rotatable bonds is 12. The van der Waals surface area contributed by atoms with Crippen molar-refractivity contribution in [2.75, 3.05) is 38.4 Å². The van der Waals surface area contributed by atoms with E-state index in [2.05, 4.69) is 5.32 Å². The zero-order valence-corrected chi connectivity index (χ0v) is 23.7. The maximum Gasteiger partial charge on any atom is 0.244 e. The minimum absolute atomic E-state index is 0.112. The Morgan fingerprint density at radius 3 is 2.15 bits per heavy atom. The summed E-state index contributed by atoms with van der Waals surface area (Å²) < 4.78 is 37.5. The molecule has 1 atom stereocenters. The molecule has 0 aliphatic heterocycles. The van der Waals surface area contributed by atoms with Gasteiger partial charge >= 0.3 is 0 Å². The van der Waals surface area contributed by atoms with Gasteiger partial charge in [0, 0.05) is 26.1 Å². The molecule has 2 amide bonds. The Hall–Kier alpha value is -4.05. The van der Waals surface area contributed by atoms with E-state index in [0.29, 0.717) is 5.75 Å². The van der Waals surface area contributed by atoms with Crippen LogP contribution in [-0.4, -0.2) is 65.2 Å². The largest absolute Gasteiger partial charge is 0.497 e. The first-order valence-electron chi connectivity index (χ1n) is 12.4. The van der Waals surface area contributed by atoms with Crippen LogP contribution in [0.25, 0.3) is 0 Å². The third-order valence-corrected chi connectivity index (χ3v) is 7.45. The van der Waals surface area contributed by atoms with E-state index < -0.39 is 28.5 Å². The zero-order chi connectivity index (χ0) is 28.6. The average molecular weight is 554 g/mol. The van der Waals surface area contributed by atoms with Crippen LogP contribution in [0, 0.1) is 6.92 Å². The Bertz CT molecular complexity index is 1380. The third kappa shape index (κ3) is 7.73. The summed E-state index contributed by atoms with van der Waals surface area (Å²) in [5.41, 5.74) is 2.91. The molecule has 0 unspecified atom stereocenters. The number of amides is 2. The van der Waals surface area contributed by atoms with E-state index in [0.717, 1.165) is 27.3 Å². The molecule has 3 aromatic rings. The number of sulfonamides is 1. The number of hydrogen-bond acceptors (Lipinski definition) is 6. The molecular formula is C29H35N3O6S. The number of nitrogens with zero attached hydrogens (tertiary/aromatic N) is 2. The van der Waals surface area contributed by atoms with Crippen molar-refractivity contribution in [3.8, 4) is 11.5 Å². The number of ether oxygens (including phenoxy) is 2. The summed E-state index contributed by atoms with van der Waals surface area (Å²) in [6, 6.07) is 20.8. The van der Waals surface area contributed by atoms with Gasteiger partial charge in [0.25, 0.3) is 0 Å². The van der Waals surface area contributed by atoms with Crippen molar-refractivity contribution in [2.24, 2.45) is 0 Å². The van der Waals surface area contributed by atoms with Gasteiger partial charge in [0.2, 0.25) is 21.8 Å². The molecule has 0 aromatic heterocycles. The van der Waals surface area contributed by atoms with Crippen LogP contribution in [0.3, 0.4) is 0 Å². The average Bonchev–Trinajstić information content (AvgIpc) is 2.93. The quantitative estimate of drug-likeness (QED) is 0.370. The highest BCUT2D eigenvalue weighted by Gasteiger charge is 2.33. The SMILES string of the molecule is CNC(=O)[C@@H](Cc1ccccc1)N(Cc1ccc(C)cc1)C(=O)CN(c1ccc(OC)cc1OC)S(C)(=O)=O. The Balaban J connectivity index is 2.06. The van der Waals surface area contributed by atoms with Crippen molar-refractivity contribution in [2.45, 2.75) is 25.9 Å². The Morgan fingerprint density at radius 1 is 0.923 bits per heavy atom. The van der Waals surface area contributed by atoms with Crippen molar-refractivity contribution in [3.05, 3.63) is 89.5 Å². The second kappa shape index (κ2) is 13.1. The summed E-state index contributed by atoms with van der Waals surface area (Å²) in [5.74, 6) is -0.195. The van der Waals surface area contributed by atoms with Gasteiger partial charge in [0.15, 0.2) is 0 Å². The topological polar surface area (TPSA) is 105 Å². The van der Waals surface area contributed by atoms with E-state index in [9.17, 15) is 18.0 Å². The molecule has 0 bridgehead atoms. The fraction of sp³-hybridized carbons (Fsp3) is 0.310. The highest BCUT2D eigenvalue weighted by molar-refractivity contribution is 7.92. The Morgan fingerprint density at radius 2 is 1.59 bits per heavy atom. The second-order valence-corrected chi connectivity index (χ2v) is 11.0. The number of carbonyl (C=O) groups excluding carboxylic acids is 2. The molecule has 3 aromatic carbocycles. The van der Waals surface area contributed by atoms with E-state index in [1.54, 1.807) is 12.1 Å². The Labute approximate surface area is 230 Å². The minimum Gasteiger partial charge on any atom is -0.497 e. The number of methoxy groups -OCH3 is 2. The molecule has 0 heterocycles. The lowest BCUT2D eigenvalue weighted by atomic mass is 10.0. The van der Waals surface area contributed by atoms with Gasteiger partial charge in [-0.2, -0.15) is 0 Å². The van der Waals surface area contributed by atoms with Gasteiger partial charge in [-0.15, -0.1) is 0 Å². The summed E-state index contributed by atoms with van der Waals surface area (Å²) >= 11 is 0. The van der Waals surface area contributed by atoms with Crippen molar-refractivity contribution in [1.82, 2.24) is 10.2 Å². The zero-order valence-electron chi connectivity index (χ0n) is 22.9. The van der Waals surface area contributed by atoms with Crippen molar-refractivity contribution in [1.29, 1.82) is 0 Å². The fourth-order valence-corrected chi connectivity index (χ4v) is 5.05. The van der Waals surface area contributed by atoms with Crippen LogP contribution in [0.1, 0.15) is 16.7 Å². The highest BCUT2D eigenvalue weighted by atomic mass is 32.2. The van der Waals surface area contributed by atoms with Gasteiger partial charge in [0.1, 0.15) is 24.1 Å². The van der Waals surface area contributed by atoms with Gasteiger partial charge in [-0.1, -0.05) is 60.2 Å². The van der Waals surface area contributed by atoms with Gasteiger partial charge in [0.05, 0.1) is 26.2 Å². The van der Waals surface area contributed by atoms with Crippen LogP contribution in [0.4, 0.5) is 5.69 Å². The number of nitrogens with one attached hydrogen (secondary N) is 1. The fourth-order valence-electron chi connectivity index (χ4n) is 4.20. The molecule has 0 fully saturated rings. The van der Waals surface area contributed by atoms with E-state index in [1.165, 1.54) is 32.2 Å². The van der Waals surface area contributed by atoms with Gasteiger partial charge in [-0.05, 0) is 30.2 Å². The van der Waals surface area contributed by atoms with Crippen molar-refractivity contribution in [3.63, 3.8) is 0 Å². The monoisotopic (exact) mass is 553 g/mol. The molecule has 9 nitrogen and oxygen atoms in total. The number of benzene rings is 3. The van der Waals surface area contributed by atoms with Crippen LogP contribution in [0.5, 0.6) is 11.5 Å². The second-order valence-electron chi connectivity index (χ2n) is 9.13. The van der Waals surface area contributed by atoms with E-state index in [1.807, 2.05) is 61.5 Å². The molecule has 0 radical (unpaired) electrons. The molecule has 10 heteroatoms. The summed E-state index contributed by atoms with van der Waals surface area (Å²) in [7, 11) is 0.486. The number of likely N-dealkylation sites (N-methyl/N-ethyl adjacent to an activating group) is 1. The molecule has 0 aliphatic rings. The lowest BCUT2D eigenvalue weighted by Gasteiger charge is -2.33. The van der Waals surface area contributed by atoms with Gasteiger partial charge < -0.3 is 19.7 Å². The third-order valence-electron chi connectivity index (χ3n) is 6.33. The first-order valence-corrected chi connectivity index (χ1v) is 14.2. The number of anilines is 1. The van der Waals surface area contributed by atoms with Crippen LogP contribution < -0.4 is 19.1 Å². The lowest BCUT2D eigenvalue weighted by molar-refractivity contribution is -0.139. The van der Waals surface area contributed by atoms with E-state index >= 15 is 0 Å². The maximum absolute atomic E-state index is 14.0. The van der Waals surface area contributed by atoms with E-state index in [4.69, 9.17) is 9.47 Å². The lowest BCUT2D eigenvalue weighted by Crippen LogP contribution is -2.52. The van der Waals surface area contributed by atoms with Gasteiger partial charge in [-0.3, -0.25) is 13.9 Å². The molecule has 39 heavy (non-hydrogen) atoms. The predicted octanol–water partition coefficient (Wildman–Crippen LogP) is 3.16. The number of carbonyl (C=O) groups is 2. The number of aryl methyl sites for hydroxylation is 1. The van der Waals surface area contributed by atoms with Crippen LogP contribution in [0.15, 0.2) is 72.8 Å². The minimum atomic E-state index is -3.92. The molecule has 0 saturated heterocycles. The normalized spacial score (nSPS) is 11.8. The number of hydrogen-bond donors (Lipinski definition) is 1. The molecule has 0 aliphatic carbocycles. The maximum atomic E-state index is 14.0. The summed E-state index contributed by atoms with van der Waals surface area (Å²) in [5, 5.41) is 2.66. The highest BCUT2D eigenvalue weighted by Crippen LogP contribution is 2.33. The first-order chi connectivity index (χ1) is 18.6. The molecule has 3 rings (SSSR count). The standard InChI is InChI=1S/C29H35N3O6S/c1-21-11-13-23(14-12-21)19-31(26(29(34)30-2)17-22-9-7-6-8-10-22)28(33)20-32(39(5,35)36)25-16-15-24(37-3)18-27(25)38-4/h6-16,18,26H,17,19-20H2,1-5H3,(H,30,34)/t26-/m1/s1. The van der Waals surface area contributed by atoms with Crippen molar-refractivity contribution >= 4 is 27.5 Å². The summed E-state index contributed by atoms with van der Waals surface area (Å²) in [6.07, 6.45) is 1.28. The van der Waals surface area contributed by atoms with Crippen molar-refractivity contribution < 1.29 is 27.5 Å². The predicted molar refractivity (Wildman–Crippen MR) is 151 cm³/mol. The molecular weight excluding hydrogens is 518 g/mol. The Kier molecular flexibility index (Phi) is 9.95. The smallest absolute Gasteiger partial charge is 0.244 e. The first kappa shape index (κ1) is 29.5. The van der Waals surface area contributed by atoms with Crippen LogP contribution in [0.2, 0.25) is 0 Å². The van der Waals surface area contributed by atoms with Crippen LogP contribution >= 0.6 is 0 Å². The molecule has 0 spiro atoms. The van der Waals surface area contributed by atoms with Crippen LogP contribution in [-0.2, 0) is 32.6 Å².